The lowest BCUT2D eigenvalue weighted by Gasteiger charge is -2.10. The molecule has 0 saturated carbocycles. The molecule has 0 aliphatic carbocycles. The molecule has 1 nitrogen and oxygen atoms in total. The minimum Gasteiger partial charge on any atom is -0.294 e. The maximum atomic E-state index is 12.6. The van der Waals surface area contributed by atoms with E-state index in [1.54, 1.807) is 6.07 Å². The number of halogens is 3. The Kier molecular flexibility index (Phi) is 4.19. The van der Waals surface area contributed by atoms with Gasteiger partial charge in [-0.2, -0.15) is 0 Å². The van der Waals surface area contributed by atoms with Gasteiger partial charge in [0, 0.05) is 14.7 Å². The fraction of sp³-hybridized carbons (Fsp3) is 0.364. The predicted molar refractivity (Wildman–Crippen MR) is 63.5 cm³/mol. The number of ketones is 1. The summed E-state index contributed by atoms with van der Waals surface area (Å²) in [4.78, 5) is 11.2. The molecule has 0 unspecified atom stereocenters. The third-order valence-corrected chi connectivity index (χ3v) is 3.22. The van der Waals surface area contributed by atoms with Gasteiger partial charge >= 0.3 is 0 Å². The number of alkyl halides is 2. The van der Waals surface area contributed by atoms with Gasteiger partial charge in [-0.05, 0) is 53.6 Å². The van der Waals surface area contributed by atoms with Crippen LogP contribution in [0.3, 0.4) is 0 Å². The van der Waals surface area contributed by atoms with Crippen LogP contribution in [0.1, 0.15) is 41.8 Å². The summed E-state index contributed by atoms with van der Waals surface area (Å²) in [6.45, 7) is 3.25. The van der Waals surface area contributed by atoms with Crippen LogP contribution in [0.4, 0.5) is 8.78 Å². The highest BCUT2D eigenvalue weighted by Gasteiger charge is 2.17. The van der Waals surface area contributed by atoms with Crippen LogP contribution in [0, 0.1) is 3.57 Å². The molecular weight excluding hydrogens is 313 g/mol. The van der Waals surface area contributed by atoms with Crippen molar-refractivity contribution in [2.45, 2.75) is 26.7 Å². The topological polar surface area (TPSA) is 17.1 Å². The Morgan fingerprint density at radius 2 is 2.07 bits per heavy atom. The molecule has 4 heteroatoms. The number of Topliss-reactive ketones (excluding diaryl/α,β-unsaturated/α-hetero) is 1. The van der Waals surface area contributed by atoms with Crippen molar-refractivity contribution >= 4 is 28.4 Å². The van der Waals surface area contributed by atoms with Gasteiger partial charge in [-0.1, -0.05) is 6.92 Å². The molecule has 82 valence electrons. The van der Waals surface area contributed by atoms with E-state index < -0.39 is 6.43 Å². The largest absolute Gasteiger partial charge is 0.294 e. The third-order valence-electron chi connectivity index (χ3n) is 2.21. The molecule has 0 heterocycles. The number of aryl methyl sites for hydroxylation is 1. The zero-order valence-corrected chi connectivity index (χ0v) is 10.6. The molecular formula is C11H11F2IO. The van der Waals surface area contributed by atoms with E-state index in [1.807, 2.05) is 29.5 Å². The smallest absolute Gasteiger partial charge is 0.264 e. The van der Waals surface area contributed by atoms with E-state index in [0.29, 0.717) is 0 Å². The number of carbonyl (C=O) groups is 1. The van der Waals surface area contributed by atoms with Gasteiger partial charge in [-0.25, -0.2) is 8.78 Å². The number of hydrogen-bond acceptors (Lipinski definition) is 1. The number of benzene rings is 1. The second kappa shape index (κ2) is 5.01. The van der Waals surface area contributed by atoms with Crippen molar-refractivity contribution in [2.24, 2.45) is 0 Å². The lowest BCUT2D eigenvalue weighted by molar-refractivity contribution is 0.0999. The predicted octanol–water partition coefficient (Wildman–Crippen LogP) is 3.99. The summed E-state index contributed by atoms with van der Waals surface area (Å²) in [5.41, 5.74) is 0.913. The van der Waals surface area contributed by atoms with Crippen LogP contribution in [0.2, 0.25) is 0 Å². The van der Waals surface area contributed by atoms with Crippen molar-refractivity contribution in [3.8, 4) is 0 Å². The minimum absolute atomic E-state index is 0.141. The van der Waals surface area contributed by atoms with E-state index in [9.17, 15) is 13.6 Å². The SMILES string of the molecule is CCc1cc(C(C)=O)c(C(F)F)cc1I. The summed E-state index contributed by atoms with van der Waals surface area (Å²) in [5.74, 6) is -0.309. The maximum absolute atomic E-state index is 12.6. The van der Waals surface area contributed by atoms with E-state index >= 15 is 0 Å². The van der Waals surface area contributed by atoms with Crippen LogP contribution >= 0.6 is 22.6 Å². The molecule has 0 aliphatic rings. The Morgan fingerprint density at radius 3 is 2.47 bits per heavy atom. The molecule has 0 radical (unpaired) electrons. The first-order valence-electron chi connectivity index (χ1n) is 4.58. The number of rotatable bonds is 3. The second-order valence-electron chi connectivity index (χ2n) is 3.24. The first-order chi connectivity index (χ1) is 6.97. The van der Waals surface area contributed by atoms with Crippen molar-refractivity contribution in [2.75, 3.05) is 0 Å². The van der Waals surface area contributed by atoms with Gasteiger partial charge in [-0.15, -0.1) is 0 Å². The van der Waals surface area contributed by atoms with Crippen LogP contribution in [0.5, 0.6) is 0 Å². The van der Waals surface area contributed by atoms with Crippen LogP contribution in [-0.4, -0.2) is 5.78 Å². The molecule has 0 spiro atoms. The van der Waals surface area contributed by atoms with Gasteiger partial charge in [-0.3, -0.25) is 4.79 Å². The fourth-order valence-corrected chi connectivity index (χ4v) is 2.26. The average Bonchev–Trinajstić information content (AvgIpc) is 2.16. The van der Waals surface area contributed by atoms with Gasteiger partial charge in [0.15, 0.2) is 5.78 Å². The van der Waals surface area contributed by atoms with Crippen molar-refractivity contribution in [1.29, 1.82) is 0 Å². The lowest BCUT2D eigenvalue weighted by atomic mass is 10.0. The first-order valence-corrected chi connectivity index (χ1v) is 5.66. The highest BCUT2D eigenvalue weighted by atomic mass is 127. The minimum atomic E-state index is -2.59. The maximum Gasteiger partial charge on any atom is 0.264 e. The fourth-order valence-electron chi connectivity index (χ4n) is 1.39. The summed E-state index contributed by atoms with van der Waals surface area (Å²) in [5, 5.41) is 0. The molecule has 0 N–H and O–H groups in total. The molecule has 0 fully saturated rings. The van der Waals surface area contributed by atoms with Gasteiger partial charge in [0.1, 0.15) is 0 Å². The monoisotopic (exact) mass is 324 g/mol. The second-order valence-corrected chi connectivity index (χ2v) is 4.40. The van der Waals surface area contributed by atoms with E-state index in [2.05, 4.69) is 0 Å². The normalized spacial score (nSPS) is 10.8. The highest BCUT2D eigenvalue weighted by molar-refractivity contribution is 14.1. The summed E-state index contributed by atoms with van der Waals surface area (Å²) in [7, 11) is 0. The van der Waals surface area contributed by atoms with Crippen LogP contribution in [0.15, 0.2) is 12.1 Å². The summed E-state index contributed by atoms with van der Waals surface area (Å²) in [6, 6.07) is 2.98. The highest BCUT2D eigenvalue weighted by Crippen LogP contribution is 2.27. The molecule has 0 aromatic heterocycles. The Balaban J connectivity index is 3.39. The van der Waals surface area contributed by atoms with Crippen LogP contribution in [-0.2, 0) is 6.42 Å². The zero-order valence-electron chi connectivity index (χ0n) is 8.48. The Bertz CT molecular complexity index is 388. The molecule has 0 amide bonds. The van der Waals surface area contributed by atoms with E-state index in [1.165, 1.54) is 13.0 Å². The first kappa shape index (κ1) is 12.5. The van der Waals surface area contributed by atoms with E-state index in [0.717, 1.165) is 15.6 Å². The molecule has 0 saturated heterocycles. The molecule has 1 aromatic rings. The molecule has 1 rings (SSSR count). The van der Waals surface area contributed by atoms with Crippen LogP contribution < -0.4 is 0 Å². The van der Waals surface area contributed by atoms with Crippen molar-refractivity contribution in [3.63, 3.8) is 0 Å². The number of carbonyl (C=O) groups excluding carboxylic acids is 1. The van der Waals surface area contributed by atoms with Gasteiger partial charge < -0.3 is 0 Å². The van der Waals surface area contributed by atoms with Crippen molar-refractivity contribution < 1.29 is 13.6 Å². The molecule has 0 aliphatic heterocycles. The Morgan fingerprint density at radius 1 is 1.47 bits per heavy atom. The van der Waals surface area contributed by atoms with E-state index in [-0.39, 0.29) is 16.9 Å². The van der Waals surface area contributed by atoms with Crippen molar-refractivity contribution in [1.82, 2.24) is 0 Å². The third kappa shape index (κ3) is 2.74. The van der Waals surface area contributed by atoms with Gasteiger partial charge in [0.25, 0.3) is 6.43 Å². The molecule has 15 heavy (non-hydrogen) atoms. The average molecular weight is 324 g/mol. The lowest BCUT2D eigenvalue weighted by Crippen LogP contribution is -2.03. The zero-order chi connectivity index (χ0) is 11.6. The van der Waals surface area contributed by atoms with Gasteiger partial charge in [0.05, 0.1) is 0 Å². The standard InChI is InChI=1S/C11H11F2IO/c1-3-7-4-8(6(2)15)9(11(12)13)5-10(7)14/h4-5,11H,3H2,1-2H3. The molecule has 0 bridgehead atoms. The quantitative estimate of drug-likeness (QED) is 0.607. The number of hydrogen-bond donors (Lipinski definition) is 0. The molecule has 0 atom stereocenters. The Labute approximate surface area is 101 Å². The summed E-state index contributed by atoms with van der Waals surface area (Å²) >= 11 is 2.01. The van der Waals surface area contributed by atoms with Crippen molar-refractivity contribution in [3.05, 3.63) is 32.4 Å². The van der Waals surface area contributed by atoms with Crippen LogP contribution in [0.25, 0.3) is 0 Å². The van der Waals surface area contributed by atoms with E-state index in [4.69, 9.17) is 0 Å². The molecule has 1 aromatic carbocycles. The van der Waals surface area contributed by atoms with Gasteiger partial charge in [0.2, 0.25) is 0 Å². The Hall–Kier alpha value is -0.520. The summed E-state index contributed by atoms with van der Waals surface area (Å²) in [6.07, 6.45) is -1.86. The summed E-state index contributed by atoms with van der Waals surface area (Å²) < 4.78 is 26.1.